The van der Waals surface area contributed by atoms with Crippen LogP contribution in [0.25, 0.3) is 0 Å². The molecule has 0 aromatic heterocycles. The van der Waals surface area contributed by atoms with Crippen molar-refractivity contribution < 1.29 is 22.3 Å². The molecule has 0 bridgehead atoms. The van der Waals surface area contributed by atoms with Crippen molar-refractivity contribution in [1.29, 1.82) is 0 Å². The molecule has 0 atom stereocenters. The van der Waals surface area contributed by atoms with Crippen LogP contribution in [0.15, 0.2) is 71.6 Å². The average molecular weight is 449 g/mol. The maximum absolute atomic E-state index is 13.7. The lowest BCUT2D eigenvalue weighted by atomic mass is 10.2. The van der Waals surface area contributed by atoms with E-state index in [1.54, 1.807) is 18.2 Å². The number of rotatable bonds is 7. The fourth-order valence-corrected chi connectivity index (χ4v) is 3.70. The Morgan fingerprint density at radius 3 is 2.43 bits per heavy atom. The van der Waals surface area contributed by atoms with Crippen LogP contribution in [0.4, 0.5) is 15.8 Å². The summed E-state index contributed by atoms with van der Waals surface area (Å²) in [5.41, 5.74) is 1.07. The van der Waals surface area contributed by atoms with Gasteiger partial charge in [0.15, 0.2) is 6.61 Å². The zero-order chi connectivity index (χ0) is 21.7. The number of amides is 1. The highest BCUT2D eigenvalue weighted by molar-refractivity contribution is 7.92. The summed E-state index contributed by atoms with van der Waals surface area (Å²) in [5.74, 6) is -0.587. The molecule has 0 spiro atoms. The van der Waals surface area contributed by atoms with Gasteiger partial charge in [-0.2, -0.15) is 0 Å². The molecular weight excluding hydrogens is 431 g/mol. The largest absolute Gasteiger partial charge is 0.484 e. The smallest absolute Gasteiger partial charge is 0.262 e. The molecule has 0 aliphatic carbocycles. The number of hydrogen-bond acceptors (Lipinski definition) is 4. The van der Waals surface area contributed by atoms with Crippen molar-refractivity contribution in [3.05, 3.63) is 83.1 Å². The molecular formula is C21H18ClFN2O4S. The van der Waals surface area contributed by atoms with E-state index in [0.29, 0.717) is 16.5 Å². The zero-order valence-corrected chi connectivity index (χ0v) is 17.4. The molecule has 0 heterocycles. The van der Waals surface area contributed by atoms with Gasteiger partial charge in [-0.25, -0.2) is 12.8 Å². The Balaban J connectivity index is 1.60. The minimum absolute atomic E-state index is 0.0726. The normalized spacial score (nSPS) is 11.0. The Labute approximate surface area is 178 Å². The summed E-state index contributed by atoms with van der Waals surface area (Å²) in [7, 11) is -3.97. The van der Waals surface area contributed by atoms with Gasteiger partial charge in [0.1, 0.15) is 11.6 Å². The molecule has 0 saturated heterocycles. The molecule has 6 nitrogen and oxygen atoms in total. The van der Waals surface area contributed by atoms with E-state index >= 15 is 0 Å². The number of nitrogens with one attached hydrogen (secondary N) is 2. The van der Waals surface area contributed by atoms with Crippen LogP contribution in [0.2, 0.25) is 5.02 Å². The lowest BCUT2D eigenvalue weighted by Crippen LogP contribution is -2.20. The van der Waals surface area contributed by atoms with Gasteiger partial charge < -0.3 is 10.1 Å². The van der Waals surface area contributed by atoms with Gasteiger partial charge in [-0.3, -0.25) is 9.52 Å². The first kappa shape index (κ1) is 21.6. The van der Waals surface area contributed by atoms with Crippen LogP contribution in [0.1, 0.15) is 5.56 Å². The molecule has 0 unspecified atom stereocenters. The minimum Gasteiger partial charge on any atom is -0.484 e. The van der Waals surface area contributed by atoms with E-state index in [1.807, 2.05) is 6.92 Å². The Hall–Kier alpha value is -3.10. The van der Waals surface area contributed by atoms with Crippen LogP contribution in [0.5, 0.6) is 5.75 Å². The van der Waals surface area contributed by atoms with E-state index in [2.05, 4.69) is 10.0 Å². The molecule has 3 aromatic carbocycles. The molecule has 156 valence electrons. The first-order valence-electron chi connectivity index (χ1n) is 8.81. The third-order valence-corrected chi connectivity index (χ3v) is 5.87. The van der Waals surface area contributed by atoms with Gasteiger partial charge in [-0.05, 0) is 67.1 Å². The highest BCUT2D eigenvalue weighted by Gasteiger charge is 2.16. The van der Waals surface area contributed by atoms with Crippen LogP contribution in [-0.2, 0) is 14.8 Å². The van der Waals surface area contributed by atoms with Crippen LogP contribution in [0.3, 0.4) is 0 Å². The Morgan fingerprint density at radius 1 is 1.07 bits per heavy atom. The Bertz CT molecular complexity index is 1170. The molecule has 0 aliphatic heterocycles. The second-order valence-corrected chi connectivity index (χ2v) is 8.45. The number of carbonyl (C=O) groups is 1. The number of para-hydroxylation sites is 1. The van der Waals surface area contributed by atoms with E-state index in [4.69, 9.17) is 16.3 Å². The molecule has 2 N–H and O–H groups in total. The van der Waals surface area contributed by atoms with Crippen molar-refractivity contribution in [3.8, 4) is 5.75 Å². The van der Waals surface area contributed by atoms with Crippen molar-refractivity contribution in [2.45, 2.75) is 11.8 Å². The topological polar surface area (TPSA) is 84.5 Å². The summed E-state index contributed by atoms with van der Waals surface area (Å²) in [5, 5.41) is 3.21. The molecule has 0 aliphatic rings. The maximum atomic E-state index is 13.7. The SMILES string of the molecule is Cc1cc(OCC(=O)Nc2ccc(S(=O)(=O)Nc3ccccc3F)cc2)ccc1Cl. The minimum atomic E-state index is -3.97. The first-order valence-corrected chi connectivity index (χ1v) is 10.7. The predicted octanol–water partition coefficient (Wildman–Crippen LogP) is 4.61. The lowest BCUT2D eigenvalue weighted by molar-refractivity contribution is -0.118. The molecule has 1 amide bonds. The highest BCUT2D eigenvalue weighted by atomic mass is 35.5. The van der Waals surface area contributed by atoms with Crippen molar-refractivity contribution >= 4 is 38.9 Å². The Kier molecular flexibility index (Phi) is 6.59. The van der Waals surface area contributed by atoms with E-state index in [9.17, 15) is 17.6 Å². The van der Waals surface area contributed by atoms with Crippen LogP contribution >= 0.6 is 11.6 Å². The summed E-state index contributed by atoms with van der Waals surface area (Å²) in [6.07, 6.45) is 0. The summed E-state index contributed by atoms with van der Waals surface area (Å²) in [6.45, 7) is 1.60. The van der Waals surface area contributed by atoms with Gasteiger partial charge in [-0.15, -0.1) is 0 Å². The second-order valence-electron chi connectivity index (χ2n) is 6.36. The monoisotopic (exact) mass is 448 g/mol. The van der Waals surface area contributed by atoms with Crippen molar-refractivity contribution in [2.75, 3.05) is 16.6 Å². The number of sulfonamides is 1. The Morgan fingerprint density at radius 2 is 1.77 bits per heavy atom. The quantitative estimate of drug-likeness (QED) is 0.553. The molecule has 3 rings (SSSR count). The first-order chi connectivity index (χ1) is 14.2. The van der Waals surface area contributed by atoms with Gasteiger partial charge in [0, 0.05) is 10.7 Å². The lowest BCUT2D eigenvalue weighted by Gasteiger charge is -2.11. The molecule has 0 saturated carbocycles. The van der Waals surface area contributed by atoms with Crippen LogP contribution in [0, 0.1) is 12.7 Å². The summed E-state index contributed by atoms with van der Waals surface area (Å²) < 4.78 is 46.1. The number of carbonyl (C=O) groups excluding carboxylic acids is 1. The second kappa shape index (κ2) is 9.15. The summed E-state index contributed by atoms with van der Waals surface area (Å²) >= 11 is 5.95. The fourth-order valence-electron chi connectivity index (χ4n) is 2.52. The van der Waals surface area contributed by atoms with Crippen molar-refractivity contribution in [2.24, 2.45) is 0 Å². The third-order valence-electron chi connectivity index (χ3n) is 4.07. The van der Waals surface area contributed by atoms with E-state index in [1.165, 1.54) is 42.5 Å². The molecule has 0 fully saturated rings. The average Bonchev–Trinajstić information content (AvgIpc) is 2.71. The van der Waals surface area contributed by atoms with Gasteiger partial charge >= 0.3 is 0 Å². The number of hydrogen-bond donors (Lipinski definition) is 2. The molecule has 3 aromatic rings. The van der Waals surface area contributed by atoms with Crippen molar-refractivity contribution in [1.82, 2.24) is 0 Å². The van der Waals surface area contributed by atoms with Gasteiger partial charge in [-0.1, -0.05) is 23.7 Å². The number of halogens is 2. The number of anilines is 2. The van der Waals surface area contributed by atoms with Crippen LogP contribution < -0.4 is 14.8 Å². The number of ether oxygens (including phenoxy) is 1. The predicted molar refractivity (Wildman–Crippen MR) is 114 cm³/mol. The molecule has 30 heavy (non-hydrogen) atoms. The van der Waals surface area contributed by atoms with Crippen molar-refractivity contribution in [3.63, 3.8) is 0 Å². The molecule has 0 radical (unpaired) electrons. The summed E-state index contributed by atoms with van der Waals surface area (Å²) in [6, 6.07) is 16.0. The molecule has 9 heteroatoms. The van der Waals surface area contributed by atoms with Gasteiger partial charge in [0.05, 0.1) is 10.6 Å². The maximum Gasteiger partial charge on any atom is 0.262 e. The standard InChI is InChI=1S/C21H18ClFN2O4S/c1-14-12-16(8-11-18(14)22)29-13-21(26)24-15-6-9-17(10-7-15)30(27,28)25-20-5-3-2-4-19(20)23/h2-12,25H,13H2,1H3,(H,24,26). The zero-order valence-electron chi connectivity index (χ0n) is 15.9. The highest BCUT2D eigenvalue weighted by Crippen LogP contribution is 2.22. The van der Waals surface area contributed by atoms with Gasteiger partial charge in [0.25, 0.3) is 15.9 Å². The summed E-state index contributed by atoms with van der Waals surface area (Å²) in [4.78, 5) is 12.0. The number of aryl methyl sites for hydroxylation is 1. The van der Waals surface area contributed by atoms with Crippen LogP contribution in [-0.4, -0.2) is 20.9 Å². The van der Waals surface area contributed by atoms with E-state index in [-0.39, 0.29) is 17.2 Å². The van der Waals surface area contributed by atoms with Gasteiger partial charge in [0.2, 0.25) is 0 Å². The fraction of sp³-hybridized carbons (Fsp3) is 0.0952. The number of benzene rings is 3. The van der Waals surface area contributed by atoms with E-state index in [0.717, 1.165) is 11.6 Å². The van der Waals surface area contributed by atoms with E-state index < -0.39 is 21.7 Å². The third kappa shape index (κ3) is 5.49.